The summed E-state index contributed by atoms with van der Waals surface area (Å²) in [6.45, 7) is 0.779. The van der Waals surface area contributed by atoms with Crippen LogP contribution in [0.2, 0.25) is 5.02 Å². The fourth-order valence-electron chi connectivity index (χ4n) is 1.83. The minimum Gasteiger partial charge on any atom is -0.483 e. The molecule has 0 fully saturated rings. The quantitative estimate of drug-likeness (QED) is 0.842. The molecule has 0 aliphatic rings. The van der Waals surface area contributed by atoms with E-state index in [1.54, 1.807) is 0 Å². The van der Waals surface area contributed by atoms with Gasteiger partial charge in [0, 0.05) is 5.02 Å². The molecule has 0 spiro atoms. The molecule has 2 aromatic rings. The zero-order chi connectivity index (χ0) is 17.0. The highest BCUT2D eigenvalue weighted by Crippen LogP contribution is 2.21. The number of rotatable bonds is 5. The van der Waals surface area contributed by atoms with E-state index in [0.29, 0.717) is 0 Å². The van der Waals surface area contributed by atoms with Crippen LogP contribution < -0.4 is 10.1 Å². The highest BCUT2D eigenvalue weighted by Gasteiger charge is 2.13. The molecule has 0 aliphatic carbocycles. The molecular weight excluding hydrogens is 328 g/mol. The van der Waals surface area contributed by atoms with Crippen molar-refractivity contribution in [2.24, 2.45) is 0 Å². The van der Waals surface area contributed by atoms with E-state index in [0.717, 1.165) is 18.2 Å². The summed E-state index contributed by atoms with van der Waals surface area (Å²) in [7, 11) is 0. The Morgan fingerprint density at radius 3 is 2.61 bits per heavy atom. The Morgan fingerprint density at radius 2 is 1.91 bits per heavy atom. The number of nitrogens with one attached hydrogen (secondary N) is 1. The van der Waals surface area contributed by atoms with Crippen LogP contribution in [0.15, 0.2) is 36.4 Å². The van der Waals surface area contributed by atoms with Crippen LogP contribution in [-0.2, 0) is 4.79 Å². The summed E-state index contributed by atoms with van der Waals surface area (Å²) >= 11 is 5.72. The summed E-state index contributed by atoms with van der Waals surface area (Å²) in [5.74, 6) is -2.21. The summed E-state index contributed by atoms with van der Waals surface area (Å²) in [5, 5.41) is 2.56. The van der Waals surface area contributed by atoms with E-state index in [2.05, 4.69) is 5.32 Å². The summed E-state index contributed by atoms with van der Waals surface area (Å²) in [6.07, 6.45) is 0. The number of Topliss-reactive ketones (excluding diaryl/α,β-unsaturated/α-hetero) is 1. The van der Waals surface area contributed by atoms with Gasteiger partial charge in [-0.15, -0.1) is 0 Å². The van der Waals surface area contributed by atoms with Gasteiger partial charge in [0.2, 0.25) is 0 Å². The number of carbonyl (C=O) groups is 2. The minimum atomic E-state index is -0.648. The fraction of sp³-hybridized carbons (Fsp3) is 0.125. The lowest BCUT2D eigenvalue weighted by molar-refractivity contribution is -0.118. The second-order valence-electron chi connectivity index (χ2n) is 4.66. The van der Waals surface area contributed by atoms with Gasteiger partial charge in [0.15, 0.2) is 12.4 Å². The third-order valence-electron chi connectivity index (χ3n) is 2.88. The summed E-state index contributed by atoms with van der Waals surface area (Å²) in [4.78, 5) is 23.2. The van der Waals surface area contributed by atoms with Crippen LogP contribution >= 0.6 is 11.6 Å². The van der Waals surface area contributed by atoms with Crippen molar-refractivity contribution >= 4 is 29.0 Å². The maximum absolute atomic E-state index is 13.5. The molecule has 1 N–H and O–H groups in total. The molecule has 120 valence electrons. The van der Waals surface area contributed by atoms with Gasteiger partial charge in [0.1, 0.15) is 17.4 Å². The lowest BCUT2D eigenvalue weighted by Gasteiger charge is -2.11. The highest BCUT2D eigenvalue weighted by atomic mass is 35.5. The van der Waals surface area contributed by atoms with E-state index in [9.17, 15) is 18.4 Å². The number of carbonyl (C=O) groups excluding carboxylic acids is 2. The summed E-state index contributed by atoms with van der Waals surface area (Å²) in [5.41, 5.74) is -0.0660. The Labute approximate surface area is 136 Å². The van der Waals surface area contributed by atoms with Crippen molar-refractivity contribution < 1.29 is 23.1 Å². The zero-order valence-corrected chi connectivity index (χ0v) is 12.8. The van der Waals surface area contributed by atoms with Gasteiger partial charge in [-0.1, -0.05) is 11.6 Å². The molecule has 1 amide bonds. The Hall–Kier alpha value is -2.47. The van der Waals surface area contributed by atoms with E-state index >= 15 is 0 Å². The largest absolute Gasteiger partial charge is 0.483 e. The fourth-order valence-corrected chi connectivity index (χ4v) is 2.00. The number of benzene rings is 2. The molecule has 0 heterocycles. The van der Waals surface area contributed by atoms with E-state index in [1.165, 1.54) is 25.1 Å². The van der Waals surface area contributed by atoms with Crippen molar-refractivity contribution in [2.45, 2.75) is 6.92 Å². The van der Waals surface area contributed by atoms with Gasteiger partial charge >= 0.3 is 0 Å². The van der Waals surface area contributed by atoms with Crippen LogP contribution in [0.4, 0.5) is 14.5 Å². The first-order valence-electron chi connectivity index (χ1n) is 6.55. The van der Waals surface area contributed by atoms with Crippen LogP contribution in [-0.4, -0.2) is 18.3 Å². The van der Waals surface area contributed by atoms with Crippen LogP contribution in [0.5, 0.6) is 5.75 Å². The number of halogens is 3. The third-order valence-corrected chi connectivity index (χ3v) is 3.12. The Balaban J connectivity index is 2.05. The number of hydrogen-bond donors (Lipinski definition) is 1. The smallest absolute Gasteiger partial charge is 0.262 e. The molecule has 0 unspecified atom stereocenters. The number of ketones is 1. The van der Waals surface area contributed by atoms with E-state index < -0.39 is 29.9 Å². The molecule has 4 nitrogen and oxygen atoms in total. The summed E-state index contributed by atoms with van der Waals surface area (Å²) in [6, 6.07) is 7.10. The van der Waals surface area contributed by atoms with E-state index in [4.69, 9.17) is 16.3 Å². The Morgan fingerprint density at radius 1 is 1.17 bits per heavy atom. The molecule has 2 aromatic carbocycles. The predicted molar refractivity (Wildman–Crippen MR) is 81.9 cm³/mol. The van der Waals surface area contributed by atoms with Crippen LogP contribution in [0, 0.1) is 11.6 Å². The molecule has 0 radical (unpaired) electrons. The van der Waals surface area contributed by atoms with Crippen LogP contribution in [0.1, 0.15) is 17.3 Å². The lowest BCUT2D eigenvalue weighted by atomic mass is 10.1. The predicted octanol–water partition coefficient (Wildman–Crippen LogP) is 3.84. The van der Waals surface area contributed by atoms with Gasteiger partial charge in [-0.2, -0.15) is 0 Å². The van der Waals surface area contributed by atoms with Crippen LogP contribution in [0.3, 0.4) is 0 Å². The molecule has 0 atom stereocenters. The van der Waals surface area contributed by atoms with Crippen molar-refractivity contribution in [2.75, 3.05) is 11.9 Å². The number of hydrogen-bond acceptors (Lipinski definition) is 3. The molecular formula is C16H12ClF2NO3. The molecule has 23 heavy (non-hydrogen) atoms. The van der Waals surface area contributed by atoms with Gasteiger partial charge in [-0.05, 0) is 43.3 Å². The van der Waals surface area contributed by atoms with Gasteiger partial charge in [0.25, 0.3) is 5.91 Å². The second kappa shape index (κ2) is 7.19. The molecule has 0 saturated carbocycles. The average molecular weight is 340 g/mol. The second-order valence-corrected chi connectivity index (χ2v) is 5.09. The van der Waals surface area contributed by atoms with Gasteiger partial charge in [-0.25, -0.2) is 8.78 Å². The SMILES string of the molecule is CC(=O)c1cc(F)ccc1OCC(=O)Nc1cc(Cl)ccc1F. The maximum atomic E-state index is 13.5. The normalized spacial score (nSPS) is 10.3. The molecule has 0 saturated heterocycles. The average Bonchev–Trinajstić information content (AvgIpc) is 2.49. The van der Waals surface area contributed by atoms with Crippen molar-refractivity contribution in [3.8, 4) is 5.75 Å². The lowest BCUT2D eigenvalue weighted by Crippen LogP contribution is -2.21. The van der Waals surface area contributed by atoms with Gasteiger partial charge in [0.05, 0.1) is 11.3 Å². The highest BCUT2D eigenvalue weighted by molar-refractivity contribution is 6.30. The van der Waals surface area contributed by atoms with Crippen molar-refractivity contribution in [1.29, 1.82) is 0 Å². The topological polar surface area (TPSA) is 55.4 Å². The number of ether oxygens (including phenoxy) is 1. The molecule has 7 heteroatoms. The summed E-state index contributed by atoms with van der Waals surface area (Å²) < 4.78 is 31.8. The number of amides is 1. The maximum Gasteiger partial charge on any atom is 0.262 e. The van der Waals surface area contributed by atoms with Crippen molar-refractivity contribution in [3.63, 3.8) is 0 Å². The van der Waals surface area contributed by atoms with Crippen LogP contribution in [0.25, 0.3) is 0 Å². The zero-order valence-electron chi connectivity index (χ0n) is 12.0. The van der Waals surface area contributed by atoms with Gasteiger partial charge in [-0.3, -0.25) is 9.59 Å². The first-order chi connectivity index (χ1) is 10.9. The molecule has 0 bridgehead atoms. The monoisotopic (exact) mass is 339 g/mol. The van der Waals surface area contributed by atoms with E-state index in [-0.39, 0.29) is 22.0 Å². The van der Waals surface area contributed by atoms with Gasteiger partial charge < -0.3 is 10.1 Å². The number of anilines is 1. The minimum absolute atomic E-state index is 0.0201. The molecule has 2 rings (SSSR count). The molecule has 0 aliphatic heterocycles. The van der Waals surface area contributed by atoms with E-state index in [1.807, 2.05) is 0 Å². The Bertz CT molecular complexity index is 765. The third kappa shape index (κ3) is 4.50. The standard InChI is InChI=1S/C16H12ClF2NO3/c1-9(21)12-7-11(18)3-5-15(12)23-8-16(22)20-14-6-10(17)2-4-13(14)19/h2-7H,8H2,1H3,(H,20,22). The first-order valence-corrected chi connectivity index (χ1v) is 6.93. The first kappa shape index (κ1) is 16.9. The Kier molecular flexibility index (Phi) is 5.28. The molecule has 0 aromatic heterocycles. The van der Waals surface area contributed by atoms with Crippen molar-refractivity contribution in [1.82, 2.24) is 0 Å². The van der Waals surface area contributed by atoms with Crippen molar-refractivity contribution in [3.05, 3.63) is 58.6 Å².